The van der Waals surface area contributed by atoms with Crippen molar-refractivity contribution in [2.24, 2.45) is 5.41 Å². The van der Waals surface area contributed by atoms with Gasteiger partial charge in [-0.1, -0.05) is 78.4 Å². The summed E-state index contributed by atoms with van der Waals surface area (Å²) in [5.74, 6) is 0.578. The van der Waals surface area contributed by atoms with Gasteiger partial charge in [-0.3, -0.25) is 0 Å². The lowest BCUT2D eigenvalue weighted by Crippen LogP contribution is -2.30. The highest BCUT2D eigenvalue weighted by molar-refractivity contribution is 5.51. The highest BCUT2D eigenvalue weighted by Crippen LogP contribution is 2.49. The fourth-order valence-electron chi connectivity index (χ4n) is 5.53. The molecule has 0 spiro atoms. The SMILES string of the molecule is CC(C)(CO)Cc1cc(C2(C)CCCCC2)c(O)c(C2(C)CCCCC2)c1. The molecule has 0 heterocycles. The van der Waals surface area contributed by atoms with E-state index < -0.39 is 0 Å². The summed E-state index contributed by atoms with van der Waals surface area (Å²) in [6, 6.07) is 4.54. The molecular formula is C25H40O2. The van der Waals surface area contributed by atoms with E-state index in [0.717, 1.165) is 6.42 Å². The largest absolute Gasteiger partial charge is 0.507 e. The summed E-state index contributed by atoms with van der Waals surface area (Å²) < 4.78 is 0. The third-order valence-corrected chi connectivity index (χ3v) is 7.50. The Bertz CT molecular complexity index is 601. The van der Waals surface area contributed by atoms with Crippen LogP contribution in [0.3, 0.4) is 0 Å². The number of benzene rings is 1. The second-order valence-corrected chi connectivity index (χ2v) is 10.8. The Balaban J connectivity index is 2.10. The summed E-state index contributed by atoms with van der Waals surface area (Å²) >= 11 is 0. The minimum Gasteiger partial charge on any atom is -0.507 e. The van der Waals surface area contributed by atoms with Crippen molar-refractivity contribution in [2.45, 2.75) is 109 Å². The van der Waals surface area contributed by atoms with Crippen LogP contribution in [0.15, 0.2) is 12.1 Å². The standard InChI is InChI=1S/C25H40O2/c1-23(2,18-26)17-19-15-20(24(3)11-7-5-8-12-24)22(27)21(16-19)25(4)13-9-6-10-14-25/h15-16,26-27H,5-14,17-18H2,1-4H3. The average Bonchev–Trinajstić information content (AvgIpc) is 2.64. The van der Waals surface area contributed by atoms with E-state index in [1.165, 1.54) is 80.9 Å². The molecule has 2 aliphatic carbocycles. The molecule has 0 unspecified atom stereocenters. The first-order valence-electron chi connectivity index (χ1n) is 11.2. The first-order valence-corrected chi connectivity index (χ1v) is 11.2. The van der Waals surface area contributed by atoms with Gasteiger partial charge in [0.1, 0.15) is 5.75 Å². The molecule has 1 aromatic rings. The minimum absolute atomic E-state index is 0.0848. The Hall–Kier alpha value is -1.02. The molecule has 1 aromatic carbocycles. The molecule has 2 fully saturated rings. The maximum Gasteiger partial charge on any atom is 0.123 e. The Morgan fingerprint density at radius 1 is 0.815 bits per heavy atom. The second kappa shape index (κ2) is 7.78. The van der Waals surface area contributed by atoms with E-state index >= 15 is 0 Å². The van der Waals surface area contributed by atoms with Crippen LogP contribution >= 0.6 is 0 Å². The van der Waals surface area contributed by atoms with Crippen LogP contribution in [0.2, 0.25) is 0 Å². The topological polar surface area (TPSA) is 40.5 Å². The number of phenols is 1. The lowest BCUT2D eigenvalue weighted by Gasteiger charge is -2.39. The summed E-state index contributed by atoms with van der Waals surface area (Å²) in [5, 5.41) is 21.3. The van der Waals surface area contributed by atoms with E-state index in [-0.39, 0.29) is 22.9 Å². The average molecular weight is 373 g/mol. The van der Waals surface area contributed by atoms with Crippen LogP contribution < -0.4 is 0 Å². The second-order valence-electron chi connectivity index (χ2n) is 10.8. The van der Waals surface area contributed by atoms with Crippen molar-refractivity contribution in [2.75, 3.05) is 6.61 Å². The fraction of sp³-hybridized carbons (Fsp3) is 0.760. The van der Waals surface area contributed by atoms with Crippen LogP contribution in [0.25, 0.3) is 0 Å². The fourth-order valence-corrected chi connectivity index (χ4v) is 5.53. The Labute approximate surface area is 166 Å². The van der Waals surface area contributed by atoms with Gasteiger partial charge >= 0.3 is 0 Å². The van der Waals surface area contributed by atoms with E-state index in [1.807, 2.05) is 0 Å². The molecule has 152 valence electrons. The van der Waals surface area contributed by atoms with Gasteiger partial charge in [-0.05, 0) is 53.9 Å². The van der Waals surface area contributed by atoms with Crippen molar-refractivity contribution >= 4 is 0 Å². The van der Waals surface area contributed by atoms with Crippen molar-refractivity contribution in [3.63, 3.8) is 0 Å². The number of hydrogen-bond acceptors (Lipinski definition) is 2. The van der Waals surface area contributed by atoms with Crippen LogP contribution in [-0.2, 0) is 17.3 Å². The zero-order valence-electron chi connectivity index (χ0n) is 18.0. The zero-order valence-corrected chi connectivity index (χ0v) is 18.0. The lowest BCUT2D eigenvalue weighted by molar-refractivity contribution is 0.159. The van der Waals surface area contributed by atoms with Crippen LogP contribution in [0.1, 0.15) is 109 Å². The van der Waals surface area contributed by atoms with Crippen molar-refractivity contribution < 1.29 is 10.2 Å². The maximum absolute atomic E-state index is 11.5. The first kappa shape index (κ1) is 20.7. The minimum atomic E-state index is -0.132. The predicted octanol–water partition coefficient (Wildman–Crippen LogP) is 6.40. The van der Waals surface area contributed by atoms with Crippen LogP contribution in [0, 0.1) is 5.41 Å². The van der Waals surface area contributed by atoms with Gasteiger partial charge in [-0.25, -0.2) is 0 Å². The number of aliphatic hydroxyl groups excluding tert-OH is 1. The van der Waals surface area contributed by atoms with Gasteiger partial charge in [0.25, 0.3) is 0 Å². The van der Waals surface area contributed by atoms with E-state index in [4.69, 9.17) is 0 Å². The molecule has 0 amide bonds. The summed E-state index contributed by atoms with van der Waals surface area (Å²) in [6.45, 7) is 9.16. The summed E-state index contributed by atoms with van der Waals surface area (Å²) in [7, 11) is 0. The monoisotopic (exact) mass is 372 g/mol. The molecule has 2 heteroatoms. The molecule has 2 nitrogen and oxygen atoms in total. The smallest absolute Gasteiger partial charge is 0.123 e. The van der Waals surface area contributed by atoms with Gasteiger partial charge in [-0.15, -0.1) is 0 Å². The van der Waals surface area contributed by atoms with Gasteiger partial charge in [0.2, 0.25) is 0 Å². The van der Waals surface area contributed by atoms with E-state index in [2.05, 4.69) is 39.8 Å². The number of hydrogen-bond donors (Lipinski definition) is 2. The van der Waals surface area contributed by atoms with E-state index in [9.17, 15) is 10.2 Å². The van der Waals surface area contributed by atoms with Crippen LogP contribution in [-0.4, -0.2) is 16.8 Å². The molecule has 0 bridgehead atoms. The van der Waals surface area contributed by atoms with Gasteiger partial charge in [0, 0.05) is 17.7 Å². The highest BCUT2D eigenvalue weighted by atomic mass is 16.3. The molecule has 2 N–H and O–H groups in total. The summed E-state index contributed by atoms with van der Waals surface area (Å²) in [5.41, 5.74) is 3.68. The Kier molecular flexibility index (Phi) is 5.96. The number of aromatic hydroxyl groups is 1. The number of phenolic OH excluding ortho intramolecular Hbond substituents is 1. The Morgan fingerprint density at radius 3 is 1.59 bits per heavy atom. The Morgan fingerprint density at radius 2 is 1.22 bits per heavy atom. The van der Waals surface area contributed by atoms with Crippen LogP contribution in [0.4, 0.5) is 0 Å². The van der Waals surface area contributed by atoms with Gasteiger partial charge in [-0.2, -0.15) is 0 Å². The predicted molar refractivity (Wildman–Crippen MR) is 114 cm³/mol. The number of aliphatic hydroxyl groups is 1. The molecule has 3 rings (SSSR count). The number of rotatable bonds is 5. The first-order chi connectivity index (χ1) is 12.7. The molecular weight excluding hydrogens is 332 g/mol. The maximum atomic E-state index is 11.5. The van der Waals surface area contributed by atoms with Crippen molar-refractivity contribution in [1.82, 2.24) is 0 Å². The van der Waals surface area contributed by atoms with Crippen molar-refractivity contribution in [3.8, 4) is 5.75 Å². The van der Waals surface area contributed by atoms with Gasteiger partial charge in [0.15, 0.2) is 0 Å². The summed E-state index contributed by atoms with van der Waals surface area (Å²) in [6.07, 6.45) is 13.2. The molecule has 0 saturated heterocycles. The van der Waals surface area contributed by atoms with Crippen LogP contribution in [0.5, 0.6) is 5.75 Å². The highest BCUT2D eigenvalue weighted by Gasteiger charge is 2.37. The molecule has 0 radical (unpaired) electrons. The lowest BCUT2D eigenvalue weighted by atomic mass is 9.65. The third-order valence-electron chi connectivity index (χ3n) is 7.50. The van der Waals surface area contributed by atoms with Gasteiger partial charge < -0.3 is 10.2 Å². The van der Waals surface area contributed by atoms with Crippen molar-refractivity contribution in [1.29, 1.82) is 0 Å². The molecule has 0 aromatic heterocycles. The normalized spacial score (nSPS) is 22.6. The molecule has 0 atom stereocenters. The van der Waals surface area contributed by atoms with Gasteiger partial charge in [0.05, 0.1) is 0 Å². The van der Waals surface area contributed by atoms with Crippen molar-refractivity contribution in [3.05, 3.63) is 28.8 Å². The third kappa shape index (κ3) is 4.36. The molecule has 2 aliphatic rings. The zero-order chi connectivity index (χ0) is 19.7. The molecule has 0 aliphatic heterocycles. The molecule has 27 heavy (non-hydrogen) atoms. The molecule has 2 saturated carbocycles. The quantitative estimate of drug-likeness (QED) is 0.628. The van der Waals surface area contributed by atoms with E-state index in [0.29, 0.717) is 5.75 Å². The van der Waals surface area contributed by atoms with E-state index in [1.54, 1.807) is 0 Å². The summed E-state index contributed by atoms with van der Waals surface area (Å²) in [4.78, 5) is 0.